The normalized spacial score (nSPS) is 18.5. The van der Waals surface area contributed by atoms with E-state index in [1.54, 1.807) is 6.20 Å². The quantitative estimate of drug-likeness (QED) is 0.334. The summed E-state index contributed by atoms with van der Waals surface area (Å²) in [6.07, 6.45) is 5.28. The lowest BCUT2D eigenvalue weighted by atomic mass is 10.1. The summed E-state index contributed by atoms with van der Waals surface area (Å²) in [5.41, 5.74) is 2.27. The minimum Gasteiger partial charge on any atom is -0.357 e. The van der Waals surface area contributed by atoms with Crippen molar-refractivity contribution in [3.63, 3.8) is 0 Å². The molecule has 0 aliphatic carbocycles. The van der Waals surface area contributed by atoms with Crippen LogP contribution >= 0.6 is 24.0 Å². The van der Waals surface area contributed by atoms with Crippen molar-refractivity contribution in [1.29, 1.82) is 0 Å². The van der Waals surface area contributed by atoms with Gasteiger partial charge in [-0.15, -0.1) is 24.0 Å². The summed E-state index contributed by atoms with van der Waals surface area (Å²) in [6.45, 7) is 4.10. The van der Waals surface area contributed by atoms with E-state index in [2.05, 4.69) is 45.0 Å². The molecule has 0 saturated carbocycles. The molecule has 9 heteroatoms. The second kappa shape index (κ2) is 10.8. The molecule has 1 aromatic heterocycles. The first-order valence-electron chi connectivity index (χ1n) is 9.37. The average molecular weight is 517 g/mol. The average Bonchev–Trinajstić information content (AvgIpc) is 3.30. The number of nitrogens with zero attached hydrogens (tertiary/aromatic N) is 3. The molecular formula is C19H28IN5O2S. The van der Waals surface area contributed by atoms with Gasteiger partial charge in [-0.05, 0) is 49.4 Å². The first-order valence-corrected chi connectivity index (χ1v) is 11.2. The molecule has 0 amide bonds. The van der Waals surface area contributed by atoms with E-state index in [-0.39, 0.29) is 35.6 Å². The van der Waals surface area contributed by atoms with E-state index < -0.39 is 9.84 Å². The minimum absolute atomic E-state index is 0. The number of halogens is 1. The summed E-state index contributed by atoms with van der Waals surface area (Å²) in [5, 5.41) is 10.8. The van der Waals surface area contributed by atoms with E-state index in [9.17, 15) is 8.42 Å². The van der Waals surface area contributed by atoms with Crippen LogP contribution in [0, 0.1) is 5.92 Å². The second-order valence-electron chi connectivity index (χ2n) is 6.78. The highest BCUT2D eigenvalue weighted by atomic mass is 127. The van der Waals surface area contributed by atoms with Crippen molar-refractivity contribution in [2.24, 2.45) is 10.9 Å². The predicted molar refractivity (Wildman–Crippen MR) is 123 cm³/mol. The molecule has 7 nitrogen and oxygen atoms in total. The lowest BCUT2D eigenvalue weighted by Gasteiger charge is -2.12. The Hall–Kier alpha value is -1.62. The fraction of sp³-hybridized carbons (Fsp3) is 0.474. The number of hydrogen-bond acceptors (Lipinski definition) is 4. The first-order chi connectivity index (χ1) is 13.1. The maximum atomic E-state index is 11.6. The lowest BCUT2D eigenvalue weighted by Crippen LogP contribution is -2.38. The van der Waals surface area contributed by atoms with E-state index in [0.29, 0.717) is 18.7 Å². The Labute approximate surface area is 184 Å². The number of nitrogens with one attached hydrogen (secondary N) is 2. The van der Waals surface area contributed by atoms with Crippen LogP contribution in [0.4, 0.5) is 0 Å². The molecule has 2 aromatic rings. The van der Waals surface area contributed by atoms with Gasteiger partial charge < -0.3 is 10.6 Å². The fourth-order valence-corrected chi connectivity index (χ4v) is 4.99. The Morgan fingerprint density at radius 3 is 2.68 bits per heavy atom. The molecule has 3 rings (SSSR count). The number of hydrogen-bond donors (Lipinski definition) is 2. The number of guanidine groups is 1. The molecule has 0 radical (unpaired) electrons. The molecule has 1 atom stereocenters. The summed E-state index contributed by atoms with van der Waals surface area (Å²) in [5.74, 6) is 1.44. The largest absolute Gasteiger partial charge is 0.357 e. The summed E-state index contributed by atoms with van der Waals surface area (Å²) in [4.78, 5) is 4.56. The maximum Gasteiger partial charge on any atom is 0.191 e. The third kappa shape index (κ3) is 6.77. The van der Waals surface area contributed by atoms with Gasteiger partial charge in [0.2, 0.25) is 0 Å². The van der Waals surface area contributed by atoms with Crippen LogP contribution in [-0.4, -0.2) is 55.3 Å². The molecule has 1 aliphatic heterocycles. The van der Waals surface area contributed by atoms with E-state index in [0.717, 1.165) is 31.2 Å². The molecule has 0 spiro atoms. The van der Waals surface area contributed by atoms with Crippen LogP contribution in [-0.2, 0) is 16.3 Å². The van der Waals surface area contributed by atoms with Crippen LogP contribution in [0.15, 0.2) is 47.7 Å². The number of benzene rings is 1. The van der Waals surface area contributed by atoms with Crippen LogP contribution in [0.5, 0.6) is 0 Å². The van der Waals surface area contributed by atoms with Gasteiger partial charge in [-0.3, -0.25) is 4.99 Å². The molecule has 0 bridgehead atoms. The number of aromatic nitrogens is 2. The van der Waals surface area contributed by atoms with Crippen LogP contribution in [0.1, 0.15) is 18.9 Å². The van der Waals surface area contributed by atoms with Gasteiger partial charge in [0.05, 0.1) is 17.2 Å². The summed E-state index contributed by atoms with van der Waals surface area (Å²) in [7, 11) is -2.84. The SMILES string of the molecule is CCNC(=NCC1CCS(=O)(=O)C1)NCCc1ccc(-n2cccn2)cc1.I. The van der Waals surface area contributed by atoms with Crippen molar-refractivity contribution in [1.82, 2.24) is 20.4 Å². The van der Waals surface area contributed by atoms with E-state index >= 15 is 0 Å². The summed E-state index contributed by atoms with van der Waals surface area (Å²) in [6, 6.07) is 10.2. The van der Waals surface area contributed by atoms with E-state index in [4.69, 9.17) is 0 Å². The highest BCUT2D eigenvalue weighted by molar-refractivity contribution is 14.0. The number of sulfone groups is 1. The molecule has 1 saturated heterocycles. The van der Waals surface area contributed by atoms with Crippen molar-refractivity contribution >= 4 is 39.8 Å². The van der Waals surface area contributed by atoms with E-state index in [1.165, 1.54) is 5.56 Å². The fourth-order valence-electron chi connectivity index (χ4n) is 3.14. The van der Waals surface area contributed by atoms with Crippen molar-refractivity contribution in [2.75, 3.05) is 31.1 Å². The highest BCUT2D eigenvalue weighted by Crippen LogP contribution is 2.18. The van der Waals surface area contributed by atoms with Crippen LogP contribution in [0.3, 0.4) is 0 Å². The van der Waals surface area contributed by atoms with Gasteiger partial charge >= 0.3 is 0 Å². The monoisotopic (exact) mass is 517 g/mol. The standard InChI is InChI=1S/C19H27N5O2S.HI/c1-2-20-19(22-14-17-9-13-27(25,26)15-17)21-11-8-16-4-6-18(7-5-16)24-12-3-10-23-24;/h3-7,10,12,17H,2,8-9,11,13-15H2,1H3,(H2,20,21,22);1H. The van der Waals surface area contributed by atoms with E-state index in [1.807, 2.05) is 23.9 Å². The summed E-state index contributed by atoms with van der Waals surface area (Å²) >= 11 is 0. The number of aliphatic imine (C=N–C) groups is 1. The van der Waals surface area contributed by atoms with Crippen molar-refractivity contribution in [3.05, 3.63) is 48.3 Å². The predicted octanol–water partition coefficient (Wildman–Crippen LogP) is 2.02. The van der Waals surface area contributed by atoms with Gasteiger partial charge in [0.25, 0.3) is 0 Å². The molecule has 28 heavy (non-hydrogen) atoms. The van der Waals surface area contributed by atoms with Crippen molar-refractivity contribution in [2.45, 2.75) is 19.8 Å². The molecule has 2 N–H and O–H groups in total. The Morgan fingerprint density at radius 1 is 1.29 bits per heavy atom. The van der Waals surface area contributed by atoms with Crippen LogP contribution < -0.4 is 10.6 Å². The molecule has 1 fully saturated rings. The van der Waals surface area contributed by atoms with Gasteiger partial charge in [0.15, 0.2) is 15.8 Å². The summed E-state index contributed by atoms with van der Waals surface area (Å²) < 4.78 is 24.9. The molecule has 154 valence electrons. The zero-order chi connectivity index (χ0) is 19.1. The van der Waals surface area contributed by atoms with Gasteiger partial charge in [0.1, 0.15) is 0 Å². The minimum atomic E-state index is -2.84. The van der Waals surface area contributed by atoms with Crippen molar-refractivity contribution in [3.8, 4) is 5.69 Å². The molecule has 2 heterocycles. The molecule has 1 aliphatic rings. The Balaban J connectivity index is 0.00000280. The van der Waals surface area contributed by atoms with Crippen LogP contribution in [0.2, 0.25) is 0 Å². The first kappa shape index (κ1) is 22.7. The van der Waals surface area contributed by atoms with Crippen LogP contribution in [0.25, 0.3) is 5.69 Å². The van der Waals surface area contributed by atoms with Gasteiger partial charge in [-0.1, -0.05) is 12.1 Å². The topological polar surface area (TPSA) is 88.4 Å². The van der Waals surface area contributed by atoms with Gasteiger partial charge in [-0.25, -0.2) is 13.1 Å². The maximum absolute atomic E-state index is 11.6. The second-order valence-corrected chi connectivity index (χ2v) is 9.01. The van der Waals surface area contributed by atoms with Gasteiger partial charge in [0, 0.05) is 32.0 Å². The highest BCUT2D eigenvalue weighted by Gasteiger charge is 2.27. The third-order valence-electron chi connectivity index (χ3n) is 4.59. The Kier molecular flexibility index (Phi) is 8.74. The number of rotatable bonds is 7. The Bertz CT molecular complexity index is 851. The molecule has 1 aromatic carbocycles. The third-order valence-corrected chi connectivity index (χ3v) is 6.43. The zero-order valence-corrected chi connectivity index (χ0v) is 19.2. The zero-order valence-electron chi connectivity index (χ0n) is 16.0. The Morgan fingerprint density at radius 2 is 2.07 bits per heavy atom. The van der Waals surface area contributed by atoms with Crippen molar-refractivity contribution < 1.29 is 8.42 Å². The smallest absolute Gasteiger partial charge is 0.191 e. The van der Waals surface area contributed by atoms with Gasteiger partial charge in [-0.2, -0.15) is 5.10 Å². The molecular weight excluding hydrogens is 489 g/mol. The molecule has 1 unspecified atom stereocenters. The lowest BCUT2D eigenvalue weighted by molar-refractivity contribution is 0.589.